The van der Waals surface area contributed by atoms with E-state index >= 15 is 0 Å². The van der Waals surface area contributed by atoms with Crippen LogP contribution in [-0.4, -0.2) is 17.7 Å². The van der Waals surface area contributed by atoms with Gasteiger partial charge < -0.3 is 10.4 Å². The molecule has 0 saturated heterocycles. The molecule has 1 aliphatic rings. The predicted octanol–water partition coefficient (Wildman–Crippen LogP) is 4.07. The first-order chi connectivity index (χ1) is 10.8. The minimum absolute atomic E-state index is 0. The molecule has 2 aromatic rings. The third-order valence-corrected chi connectivity index (χ3v) is 4.60. The van der Waals surface area contributed by atoms with Crippen LogP contribution in [0, 0.1) is 0 Å². The van der Waals surface area contributed by atoms with E-state index in [0.29, 0.717) is 6.04 Å². The van der Waals surface area contributed by atoms with Gasteiger partial charge in [0.15, 0.2) is 0 Å². The Morgan fingerprint density at radius 2 is 1.74 bits per heavy atom. The average molecular weight is 332 g/mol. The van der Waals surface area contributed by atoms with E-state index < -0.39 is 0 Å². The Kier molecular flexibility index (Phi) is 7.10. The van der Waals surface area contributed by atoms with Gasteiger partial charge in [-0.2, -0.15) is 0 Å². The van der Waals surface area contributed by atoms with Gasteiger partial charge in [0.2, 0.25) is 0 Å². The molecule has 0 fully saturated rings. The number of aliphatic hydroxyl groups is 1. The molecule has 2 aromatic carbocycles. The molecule has 2 N–H and O–H groups in total. The minimum atomic E-state index is -0.328. The summed E-state index contributed by atoms with van der Waals surface area (Å²) in [6.07, 6.45) is 4.92. The fourth-order valence-corrected chi connectivity index (χ4v) is 3.36. The van der Waals surface area contributed by atoms with Gasteiger partial charge >= 0.3 is 0 Å². The summed E-state index contributed by atoms with van der Waals surface area (Å²) in [5.41, 5.74) is 3.83. The van der Waals surface area contributed by atoms with Crippen molar-refractivity contribution >= 4 is 12.4 Å². The summed E-state index contributed by atoms with van der Waals surface area (Å²) in [4.78, 5) is 0. The summed E-state index contributed by atoms with van der Waals surface area (Å²) in [6, 6.07) is 19.4. The van der Waals surface area contributed by atoms with Gasteiger partial charge in [-0.3, -0.25) is 0 Å². The standard InChI is InChI=1S/C20H25NO.ClH/c22-20-15-18(13-12-17-10-4-5-11-19(17)20)21-14-6-9-16-7-2-1-3-8-16;/h1-5,7-8,10-11,18,20-22H,6,9,12-15H2;1H. The highest BCUT2D eigenvalue weighted by molar-refractivity contribution is 5.85. The molecule has 0 radical (unpaired) electrons. The molecule has 3 rings (SSSR count). The van der Waals surface area contributed by atoms with E-state index in [1.807, 2.05) is 6.07 Å². The molecule has 2 nitrogen and oxygen atoms in total. The zero-order valence-electron chi connectivity index (χ0n) is 13.4. The highest BCUT2D eigenvalue weighted by atomic mass is 35.5. The summed E-state index contributed by atoms with van der Waals surface area (Å²) in [5, 5.41) is 14.0. The first-order valence-corrected chi connectivity index (χ1v) is 8.36. The SMILES string of the molecule is Cl.OC1CC(NCCCc2ccccc2)CCc2ccccc21. The van der Waals surface area contributed by atoms with Crippen LogP contribution in [0.4, 0.5) is 0 Å². The molecule has 0 spiro atoms. The quantitative estimate of drug-likeness (QED) is 0.639. The Bertz CT molecular complexity index is 587. The van der Waals surface area contributed by atoms with Gasteiger partial charge in [-0.05, 0) is 55.3 Å². The molecule has 0 amide bonds. The average Bonchev–Trinajstić information content (AvgIpc) is 2.72. The Hall–Kier alpha value is -1.35. The van der Waals surface area contributed by atoms with Crippen LogP contribution in [0.1, 0.15) is 42.1 Å². The number of halogens is 1. The second kappa shape index (κ2) is 9.07. The maximum atomic E-state index is 10.4. The van der Waals surface area contributed by atoms with Crippen molar-refractivity contribution in [3.63, 3.8) is 0 Å². The summed E-state index contributed by atoms with van der Waals surface area (Å²) in [6.45, 7) is 1.02. The first kappa shape index (κ1) is 18.0. The highest BCUT2D eigenvalue weighted by Gasteiger charge is 2.22. The molecule has 23 heavy (non-hydrogen) atoms. The Balaban J connectivity index is 0.00000192. The van der Waals surface area contributed by atoms with Crippen LogP contribution >= 0.6 is 12.4 Å². The summed E-state index contributed by atoms with van der Waals surface area (Å²) in [5.74, 6) is 0. The zero-order chi connectivity index (χ0) is 15.2. The van der Waals surface area contributed by atoms with Gasteiger partial charge in [-0.25, -0.2) is 0 Å². The van der Waals surface area contributed by atoms with Crippen LogP contribution in [-0.2, 0) is 12.8 Å². The van der Waals surface area contributed by atoms with Crippen LogP contribution < -0.4 is 5.32 Å². The van der Waals surface area contributed by atoms with Crippen molar-refractivity contribution < 1.29 is 5.11 Å². The van der Waals surface area contributed by atoms with Crippen LogP contribution in [0.2, 0.25) is 0 Å². The van der Waals surface area contributed by atoms with Gasteiger partial charge in [0.1, 0.15) is 0 Å². The van der Waals surface area contributed by atoms with Crippen molar-refractivity contribution in [3.8, 4) is 0 Å². The second-order valence-corrected chi connectivity index (χ2v) is 6.23. The maximum Gasteiger partial charge on any atom is 0.0807 e. The third-order valence-electron chi connectivity index (χ3n) is 4.60. The lowest BCUT2D eigenvalue weighted by atomic mass is 10.0. The van der Waals surface area contributed by atoms with Crippen molar-refractivity contribution in [2.75, 3.05) is 6.54 Å². The lowest BCUT2D eigenvalue weighted by Crippen LogP contribution is -2.31. The van der Waals surface area contributed by atoms with Crippen LogP contribution in [0.25, 0.3) is 0 Å². The van der Waals surface area contributed by atoms with Gasteiger partial charge in [0.25, 0.3) is 0 Å². The van der Waals surface area contributed by atoms with E-state index in [0.717, 1.165) is 44.2 Å². The smallest absolute Gasteiger partial charge is 0.0807 e. The Morgan fingerprint density at radius 3 is 2.57 bits per heavy atom. The third kappa shape index (κ3) is 5.07. The topological polar surface area (TPSA) is 32.3 Å². The minimum Gasteiger partial charge on any atom is -0.388 e. The molecule has 0 saturated carbocycles. The number of hydrogen-bond acceptors (Lipinski definition) is 2. The first-order valence-electron chi connectivity index (χ1n) is 8.36. The molecule has 2 atom stereocenters. The Morgan fingerprint density at radius 1 is 1.00 bits per heavy atom. The van der Waals surface area contributed by atoms with Gasteiger partial charge in [0.05, 0.1) is 6.10 Å². The lowest BCUT2D eigenvalue weighted by Gasteiger charge is -2.18. The van der Waals surface area contributed by atoms with Gasteiger partial charge in [-0.1, -0.05) is 54.6 Å². The molecule has 1 aliphatic carbocycles. The normalized spacial score (nSPS) is 20.2. The fourth-order valence-electron chi connectivity index (χ4n) is 3.36. The summed E-state index contributed by atoms with van der Waals surface area (Å²) < 4.78 is 0. The maximum absolute atomic E-state index is 10.4. The number of aryl methyl sites for hydroxylation is 2. The summed E-state index contributed by atoms with van der Waals surface area (Å²) >= 11 is 0. The number of aliphatic hydroxyl groups excluding tert-OH is 1. The fraction of sp³-hybridized carbons (Fsp3) is 0.400. The van der Waals surface area contributed by atoms with E-state index in [2.05, 4.69) is 53.8 Å². The molecular weight excluding hydrogens is 306 g/mol. The highest BCUT2D eigenvalue weighted by Crippen LogP contribution is 2.28. The molecule has 0 aliphatic heterocycles. The second-order valence-electron chi connectivity index (χ2n) is 6.23. The number of rotatable bonds is 5. The van der Waals surface area contributed by atoms with E-state index in [-0.39, 0.29) is 18.5 Å². The van der Waals surface area contributed by atoms with Gasteiger partial charge in [0, 0.05) is 6.04 Å². The number of hydrogen-bond donors (Lipinski definition) is 2. The van der Waals surface area contributed by atoms with Crippen molar-refractivity contribution in [2.45, 2.75) is 44.2 Å². The zero-order valence-corrected chi connectivity index (χ0v) is 14.3. The van der Waals surface area contributed by atoms with Crippen molar-refractivity contribution in [2.24, 2.45) is 0 Å². The van der Waals surface area contributed by atoms with E-state index in [1.54, 1.807) is 0 Å². The van der Waals surface area contributed by atoms with E-state index in [1.165, 1.54) is 11.1 Å². The lowest BCUT2D eigenvalue weighted by molar-refractivity contribution is 0.153. The number of fused-ring (bicyclic) bond motifs is 1. The van der Waals surface area contributed by atoms with E-state index in [4.69, 9.17) is 0 Å². The van der Waals surface area contributed by atoms with Crippen LogP contribution in [0.5, 0.6) is 0 Å². The van der Waals surface area contributed by atoms with E-state index in [9.17, 15) is 5.11 Å². The van der Waals surface area contributed by atoms with Gasteiger partial charge in [-0.15, -0.1) is 12.4 Å². The number of nitrogens with one attached hydrogen (secondary N) is 1. The monoisotopic (exact) mass is 331 g/mol. The molecule has 0 aromatic heterocycles. The van der Waals surface area contributed by atoms with Crippen molar-refractivity contribution in [1.29, 1.82) is 0 Å². The molecule has 3 heteroatoms. The summed E-state index contributed by atoms with van der Waals surface area (Å²) in [7, 11) is 0. The molecule has 0 bridgehead atoms. The largest absolute Gasteiger partial charge is 0.388 e. The Labute approximate surface area is 145 Å². The number of benzene rings is 2. The van der Waals surface area contributed by atoms with Crippen LogP contribution in [0.15, 0.2) is 54.6 Å². The van der Waals surface area contributed by atoms with Crippen molar-refractivity contribution in [1.82, 2.24) is 5.32 Å². The van der Waals surface area contributed by atoms with Crippen molar-refractivity contribution in [3.05, 3.63) is 71.3 Å². The predicted molar refractivity (Wildman–Crippen MR) is 98.1 cm³/mol. The molecule has 124 valence electrons. The molecule has 0 heterocycles. The van der Waals surface area contributed by atoms with Crippen LogP contribution in [0.3, 0.4) is 0 Å². The molecule has 2 unspecified atom stereocenters. The molecular formula is C20H26ClNO.